The Morgan fingerprint density at radius 3 is 2.29 bits per heavy atom. The second kappa shape index (κ2) is 8.20. The Hall–Kier alpha value is -1.28. The van der Waals surface area contributed by atoms with Crippen LogP contribution in [0, 0.1) is 18.3 Å². The van der Waals surface area contributed by atoms with E-state index in [4.69, 9.17) is 22.5 Å². The van der Waals surface area contributed by atoms with Gasteiger partial charge in [-0.15, -0.1) is 12.3 Å². The molecule has 0 fully saturated rings. The standard InChI is InChI=1S/C19H27ClO3Si/c1-7-8-9-16(18(21)22)17(14-10-12-15(20)13-11-14)23-24(5,6)19(2,3)4/h1,10-13,16-17H,8-9H2,2-6H3,(H,21,22)/t16?,17-/m1/s1. The van der Waals surface area contributed by atoms with Crippen molar-refractivity contribution in [2.75, 3.05) is 0 Å². The van der Waals surface area contributed by atoms with Crippen molar-refractivity contribution < 1.29 is 14.3 Å². The van der Waals surface area contributed by atoms with Gasteiger partial charge >= 0.3 is 5.97 Å². The van der Waals surface area contributed by atoms with E-state index in [1.807, 2.05) is 12.1 Å². The lowest BCUT2D eigenvalue weighted by Gasteiger charge is -2.41. The topological polar surface area (TPSA) is 46.5 Å². The molecule has 24 heavy (non-hydrogen) atoms. The minimum Gasteiger partial charge on any atom is -0.481 e. The van der Waals surface area contributed by atoms with Crippen molar-refractivity contribution in [3.63, 3.8) is 0 Å². The maximum absolute atomic E-state index is 11.9. The van der Waals surface area contributed by atoms with Gasteiger partial charge in [0.2, 0.25) is 0 Å². The third-order valence-electron chi connectivity index (χ3n) is 4.71. The van der Waals surface area contributed by atoms with Gasteiger partial charge in [-0.1, -0.05) is 44.5 Å². The molecule has 0 saturated heterocycles. The van der Waals surface area contributed by atoms with Crippen LogP contribution in [0.5, 0.6) is 0 Å². The van der Waals surface area contributed by atoms with Gasteiger partial charge in [-0.05, 0) is 42.2 Å². The number of rotatable bonds is 7. The average Bonchev–Trinajstić information content (AvgIpc) is 2.45. The number of hydrogen-bond donors (Lipinski definition) is 1. The number of benzene rings is 1. The van der Waals surface area contributed by atoms with Gasteiger partial charge in [0.15, 0.2) is 8.32 Å². The summed E-state index contributed by atoms with van der Waals surface area (Å²) in [7, 11) is -2.16. The van der Waals surface area contributed by atoms with Gasteiger partial charge in [-0.2, -0.15) is 0 Å². The second-order valence-electron chi connectivity index (χ2n) is 7.54. The van der Waals surface area contributed by atoms with E-state index in [2.05, 4.69) is 39.8 Å². The molecule has 1 unspecified atom stereocenters. The summed E-state index contributed by atoms with van der Waals surface area (Å²) in [5.41, 5.74) is 0.827. The number of carbonyl (C=O) groups is 1. The van der Waals surface area contributed by atoms with E-state index in [1.165, 1.54) is 0 Å². The minimum absolute atomic E-state index is 0.0210. The number of hydrogen-bond acceptors (Lipinski definition) is 2. The first-order valence-corrected chi connectivity index (χ1v) is 11.4. The van der Waals surface area contributed by atoms with Crippen molar-refractivity contribution in [2.45, 2.75) is 57.8 Å². The van der Waals surface area contributed by atoms with Gasteiger partial charge in [0.05, 0.1) is 12.0 Å². The van der Waals surface area contributed by atoms with Crippen LogP contribution < -0.4 is 0 Å². The molecule has 3 nitrogen and oxygen atoms in total. The van der Waals surface area contributed by atoms with Crippen LogP contribution in [-0.2, 0) is 9.22 Å². The van der Waals surface area contributed by atoms with Crippen molar-refractivity contribution in [1.82, 2.24) is 0 Å². The van der Waals surface area contributed by atoms with Crippen molar-refractivity contribution >= 4 is 25.9 Å². The van der Waals surface area contributed by atoms with E-state index < -0.39 is 26.3 Å². The van der Waals surface area contributed by atoms with Gasteiger partial charge in [0.1, 0.15) is 0 Å². The van der Waals surface area contributed by atoms with Crippen LogP contribution in [0.25, 0.3) is 0 Å². The maximum atomic E-state index is 11.9. The van der Waals surface area contributed by atoms with Crippen LogP contribution >= 0.6 is 11.6 Å². The second-order valence-corrected chi connectivity index (χ2v) is 12.7. The summed E-state index contributed by atoms with van der Waals surface area (Å²) in [6.45, 7) is 10.6. The van der Waals surface area contributed by atoms with Crippen molar-refractivity contribution in [1.29, 1.82) is 0 Å². The molecule has 1 aromatic rings. The molecule has 132 valence electrons. The molecule has 1 rings (SSSR count). The highest BCUT2D eigenvalue weighted by atomic mass is 35.5. The van der Waals surface area contributed by atoms with Crippen LogP contribution in [0.2, 0.25) is 23.2 Å². The molecule has 1 N–H and O–H groups in total. The molecule has 0 aliphatic heterocycles. The molecule has 0 aliphatic rings. The van der Waals surface area contributed by atoms with Crippen molar-refractivity contribution in [3.05, 3.63) is 34.9 Å². The lowest BCUT2D eigenvalue weighted by atomic mass is 9.92. The average molecular weight is 367 g/mol. The molecule has 0 aliphatic carbocycles. The van der Waals surface area contributed by atoms with E-state index in [-0.39, 0.29) is 5.04 Å². The van der Waals surface area contributed by atoms with Gasteiger partial charge in [0.25, 0.3) is 0 Å². The monoisotopic (exact) mass is 366 g/mol. The smallest absolute Gasteiger partial charge is 0.309 e. The zero-order valence-electron chi connectivity index (χ0n) is 15.1. The summed E-state index contributed by atoms with van der Waals surface area (Å²) in [4.78, 5) is 11.9. The normalized spacial score (nSPS) is 14.7. The molecule has 0 bridgehead atoms. The first kappa shape index (κ1) is 20.8. The Kier molecular flexibility index (Phi) is 7.09. The van der Waals surface area contributed by atoms with E-state index in [1.54, 1.807) is 12.1 Å². The molecule has 0 saturated carbocycles. The number of carboxylic acids is 1. The summed E-state index contributed by atoms with van der Waals surface area (Å²) >= 11 is 5.97. The predicted octanol–water partition coefficient (Wildman–Crippen LogP) is 5.52. The Bertz CT molecular complexity index is 597. The Morgan fingerprint density at radius 2 is 1.88 bits per heavy atom. The van der Waals surface area contributed by atoms with Crippen LogP contribution in [0.3, 0.4) is 0 Å². The molecule has 5 heteroatoms. The number of terminal acetylenes is 1. The molecular weight excluding hydrogens is 340 g/mol. The lowest BCUT2D eigenvalue weighted by molar-refractivity contribution is -0.145. The molecule has 0 heterocycles. The lowest BCUT2D eigenvalue weighted by Crippen LogP contribution is -2.44. The Labute approximate surface area is 151 Å². The summed E-state index contributed by atoms with van der Waals surface area (Å²) < 4.78 is 6.50. The zero-order chi connectivity index (χ0) is 18.5. The molecular formula is C19H27ClO3Si. The summed E-state index contributed by atoms with van der Waals surface area (Å²) in [5.74, 6) is 0.964. The van der Waals surface area contributed by atoms with E-state index >= 15 is 0 Å². The SMILES string of the molecule is C#CCCC(C(=O)O)[C@H](O[Si](C)(C)C(C)(C)C)c1ccc(Cl)cc1. The summed E-state index contributed by atoms with van der Waals surface area (Å²) in [5, 5.41) is 10.3. The fourth-order valence-corrected chi connectivity index (χ4v) is 3.59. The van der Waals surface area contributed by atoms with Crippen LogP contribution in [-0.4, -0.2) is 19.4 Å². The third-order valence-corrected chi connectivity index (χ3v) is 9.42. The van der Waals surface area contributed by atoms with Gasteiger partial charge in [-0.25, -0.2) is 0 Å². The number of aliphatic carboxylic acids is 1. The first-order chi connectivity index (χ1) is 11.0. The third kappa shape index (κ3) is 5.37. The minimum atomic E-state index is -2.16. The Balaban J connectivity index is 3.27. The van der Waals surface area contributed by atoms with Crippen LogP contribution in [0.1, 0.15) is 45.3 Å². The van der Waals surface area contributed by atoms with E-state index in [9.17, 15) is 9.90 Å². The van der Waals surface area contributed by atoms with Gasteiger partial charge < -0.3 is 9.53 Å². The van der Waals surface area contributed by atoms with E-state index in [0.717, 1.165) is 5.56 Å². The fraction of sp³-hybridized carbons (Fsp3) is 0.526. The summed E-state index contributed by atoms with van der Waals surface area (Å²) in [6.07, 6.45) is 5.59. The summed E-state index contributed by atoms with van der Waals surface area (Å²) in [6, 6.07) is 7.20. The quantitative estimate of drug-likeness (QED) is 0.510. The number of halogens is 1. The highest BCUT2D eigenvalue weighted by Gasteiger charge is 2.42. The molecule has 0 radical (unpaired) electrons. The highest BCUT2D eigenvalue weighted by Crippen LogP contribution is 2.42. The number of carboxylic acid groups (broad SMARTS) is 1. The van der Waals surface area contributed by atoms with Crippen molar-refractivity contribution in [2.24, 2.45) is 5.92 Å². The fourth-order valence-electron chi connectivity index (χ4n) is 2.17. The van der Waals surface area contributed by atoms with Gasteiger partial charge in [-0.3, -0.25) is 4.79 Å². The largest absolute Gasteiger partial charge is 0.481 e. The molecule has 0 aromatic heterocycles. The van der Waals surface area contributed by atoms with E-state index in [0.29, 0.717) is 17.9 Å². The van der Waals surface area contributed by atoms with Crippen LogP contribution in [0.4, 0.5) is 0 Å². The predicted molar refractivity (Wildman–Crippen MR) is 102 cm³/mol. The zero-order valence-corrected chi connectivity index (χ0v) is 16.9. The first-order valence-electron chi connectivity index (χ1n) is 8.09. The van der Waals surface area contributed by atoms with Gasteiger partial charge in [0, 0.05) is 11.4 Å². The van der Waals surface area contributed by atoms with Crippen LogP contribution in [0.15, 0.2) is 24.3 Å². The maximum Gasteiger partial charge on any atom is 0.309 e. The van der Waals surface area contributed by atoms with Crippen molar-refractivity contribution in [3.8, 4) is 12.3 Å². The Morgan fingerprint density at radius 1 is 1.33 bits per heavy atom. The molecule has 1 aromatic carbocycles. The molecule has 0 spiro atoms. The molecule has 2 atom stereocenters. The molecule has 0 amide bonds. The highest BCUT2D eigenvalue weighted by molar-refractivity contribution is 6.74.